The summed E-state index contributed by atoms with van der Waals surface area (Å²) in [5.41, 5.74) is 7.56. The van der Waals surface area contributed by atoms with E-state index in [-0.39, 0.29) is 12.4 Å². The molecule has 5 nitrogen and oxygen atoms in total. The van der Waals surface area contributed by atoms with Gasteiger partial charge in [-0.05, 0) is 80.4 Å². The molecule has 3 aromatic carbocycles. The molecule has 5 heteroatoms. The average Bonchev–Trinajstić information content (AvgIpc) is 3.07. The monoisotopic (exact) mass is 444 g/mol. The summed E-state index contributed by atoms with van der Waals surface area (Å²) in [5, 5.41) is 24.3. The van der Waals surface area contributed by atoms with Gasteiger partial charge in [0.1, 0.15) is 24.2 Å². The molecule has 0 saturated carbocycles. The lowest BCUT2D eigenvalue weighted by molar-refractivity contribution is 0.106. The molecular formula is C28H32N2O3. The van der Waals surface area contributed by atoms with Gasteiger partial charge in [0.05, 0.1) is 5.69 Å². The third-order valence-corrected chi connectivity index (χ3v) is 5.92. The second-order valence-corrected chi connectivity index (χ2v) is 8.69. The van der Waals surface area contributed by atoms with E-state index in [1.807, 2.05) is 0 Å². The van der Waals surface area contributed by atoms with Crippen molar-refractivity contribution in [2.45, 2.75) is 26.4 Å². The van der Waals surface area contributed by atoms with E-state index >= 15 is 0 Å². The van der Waals surface area contributed by atoms with Gasteiger partial charge in [-0.1, -0.05) is 35.4 Å². The molecule has 0 radical (unpaired) electrons. The minimum atomic E-state index is -0.620. The van der Waals surface area contributed by atoms with Crippen LogP contribution in [0.4, 0.5) is 0 Å². The van der Waals surface area contributed by atoms with Gasteiger partial charge >= 0.3 is 0 Å². The van der Waals surface area contributed by atoms with Gasteiger partial charge in [-0.2, -0.15) is 0 Å². The molecule has 0 aliphatic heterocycles. The molecule has 33 heavy (non-hydrogen) atoms. The van der Waals surface area contributed by atoms with E-state index in [9.17, 15) is 10.2 Å². The third-order valence-electron chi connectivity index (χ3n) is 5.92. The van der Waals surface area contributed by atoms with Gasteiger partial charge in [0.25, 0.3) is 0 Å². The van der Waals surface area contributed by atoms with E-state index < -0.39 is 6.10 Å². The first-order chi connectivity index (χ1) is 15.9. The minimum Gasteiger partial charge on any atom is -0.508 e. The molecule has 0 amide bonds. The highest BCUT2D eigenvalue weighted by molar-refractivity contribution is 5.92. The Bertz CT molecular complexity index is 1210. The normalized spacial score (nSPS) is 12.2. The van der Waals surface area contributed by atoms with Crippen LogP contribution < -0.4 is 10.1 Å². The number of hydrogen-bond acceptors (Lipinski definition) is 4. The largest absolute Gasteiger partial charge is 0.508 e. The number of aromatic hydroxyl groups is 1. The Morgan fingerprint density at radius 3 is 2.39 bits per heavy atom. The summed E-state index contributed by atoms with van der Waals surface area (Å²) in [6.07, 6.45) is 0.236. The molecule has 0 fully saturated rings. The van der Waals surface area contributed by atoms with Crippen LogP contribution in [0.5, 0.6) is 11.5 Å². The number of aliphatic hydroxyl groups is 1. The van der Waals surface area contributed by atoms with E-state index in [1.165, 1.54) is 38.9 Å². The third kappa shape index (κ3) is 5.38. The van der Waals surface area contributed by atoms with Gasteiger partial charge < -0.3 is 24.8 Å². The van der Waals surface area contributed by atoms with Crippen LogP contribution in [0.25, 0.3) is 22.2 Å². The topological polar surface area (TPSA) is 66.7 Å². The highest BCUT2D eigenvalue weighted by Gasteiger charge is 2.17. The van der Waals surface area contributed by atoms with Crippen LogP contribution >= 0.6 is 0 Å². The first-order valence-electron chi connectivity index (χ1n) is 11.4. The Balaban J connectivity index is 1.43. The summed E-state index contributed by atoms with van der Waals surface area (Å²) in [4.78, 5) is 0. The van der Waals surface area contributed by atoms with Crippen molar-refractivity contribution in [3.8, 4) is 22.8 Å². The van der Waals surface area contributed by atoms with Gasteiger partial charge in [-0.25, -0.2) is 0 Å². The van der Waals surface area contributed by atoms with E-state index in [2.05, 4.69) is 73.2 Å². The summed E-state index contributed by atoms with van der Waals surface area (Å²) in [7, 11) is 2.14. The van der Waals surface area contributed by atoms with Crippen LogP contribution in [0.2, 0.25) is 0 Å². The molecular weight excluding hydrogens is 412 g/mol. The molecule has 0 aliphatic rings. The molecule has 0 spiro atoms. The molecule has 3 N–H and O–H groups in total. The maximum Gasteiger partial charge on any atom is 0.119 e. The number of ether oxygens (including phenoxy) is 1. The number of aryl methyl sites for hydroxylation is 3. The van der Waals surface area contributed by atoms with Crippen molar-refractivity contribution in [3.05, 3.63) is 83.4 Å². The minimum absolute atomic E-state index is 0.193. The fourth-order valence-corrected chi connectivity index (χ4v) is 4.48. The highest BCUT2D eigenvalue weighted by Crippen LogP contribution is 2.34. The van der Waals surface area contributed by atoms with E-state index in [0.717, 1.165) is 13.0 Å². The SMILES string of the molecule is Cc1cc(C)cc(-c2c(CCNCC(O)COc3ccc(O)cc3)c3ccccc3n2C)c1. The maximum atomic E-state index is 10.3. The lowest BCUT2D eigenvalue weighted by Gasteiger charge is -2.14. The van der Waals surface area contributed by atoms with Crippen molar-refractivity contribution >= 4 is 10.9 Å². The Hall–Kier alpha value is -3.28. The number of hydrogen-bond donors (Lipinski definition) is 3. The van der Waals surface area contributed by atoms with Gasteiger partial charge in [-0.15, -0.1) is 0 Å². The Morgan fingerprint density at radius 1 is 0.970 bits per heavy atom. The standard InChI is InChI=1S/C28H32N2O3/c1-19-14-20(2)16-21(15-19)28-26(25-6-4-5-7-27(25)30(28)3)12-13-29-17-23(32)18-33-24-10-8-22(31)9-11-24/h4-11,14-16,23,29,31-32H,12-13,17-18H2,1-3H3. The zero-order valence-corrected chi connectivity index (χ0v) is 19.5. The summed E-state index contributed by atoms with van der Waals surface area (Å²) < 4.78 is 7.88. The van der Waals surface area contributed by atoms with Crippen LogP contribution in [-0.4, -0.2) is 40.6 Å². The van der Waals surface area contributed by atoms with E-state index in [1.54, 1.807) is 24.3 Å². The highest BCUT2D eigenvalue weighted by atomic mass is 16.5. The summed E-state index contributed by atoms with van der Waals surface area (Å²) in [6, 6.07) is 21.7. The molecule has 0 bridgehead atoms. The van der Waals surface area contributed by atoms with Crippen molar-refractivity contribution in [3.63, 3.8) is 0 Å². The second kappa shape index (κ2) is 10.1. The van der Waals surface area contributed by atoms with Gasteiger partial charge in [0.2, 0.25) is 0 Å². The lowest BCUT2D eigenvalue weighted by atomic mass is 9.99. The van der Waals surface area contributed by atoms with Crippen molar-refractivity contribution in [2.75, 3.05) is 19.7 Å². The Morgan fingerprint density at radius 2 is 1.67 bits per heavy atom. The van der Waals surface area contributed by atoms with E-state index in [4.69, 9.17) is 4.74 Å². The number of phenols is 1. The average molecular weight is 445 g/mol. The molecule has 172 valence electrons. The zero-order chi connectivity index (χ0) is 23.4. The molecule has 0 aliphatic carbocycles. The maximum absolute atomic E-state index is 10.3. The number of para-hydroxylation sites is 1. The number of rotatable bonds is 9. The fraction of sp³-hybridized carbons (Fsp3) is 0.286. The number of aromatic nitrogens is 1. The zero-order valence-electron chi connectivity index (χ0n) is 19.5. The first-order valence-corrected chi connectivity index (χ1v) is 11.4. The lowest BCUT2D eigenvalue weighted by Crippen LogP contribution is -2.32. The van der Waals surface area contributed by atoms with Crippen LogP contribution in [0.1, 0.15) is 16.7 Å². The number of phenolic OH excluding ortho intramolecular Hbond substituents is 1. The van der Waals surface area contributed by atoms with Crippen LogP contribution in [0.15, 0.2) is 66.7 Å². The molecule has 0 saturated heterocycles. The number of benzene rings is 3. The van der Waals surface area contributed by atoms with Crippen LogP contribution in [0.3, 0.4) is 0 Å². The van der Waals surface area contributed by atoms with Crippen LogP contribution in [0, 0.1) is 13.8 Å². The van der Waals surface area contributed by atoms with Gasteiger partial charge in [0.15, 0.2) is 0 Å². The second-order valence-electron chi connectivity index (χ2n) is 8.69. The summed E-state index contributed by atoms with van der Waals surface area (Å²) >= 11 is 0. The number of aliphatic hydroxyl groups excluding tert-OH is 1. The van der Waals surface area contributed by atoms with Gasteiger partial charge in [-0.3, -0.25) is 0 Å². The molecule has 4 rings (SSSR count). The smallest absolute Gasteiger partial charge is 0.119 e. The molecule has 1 atom stereocenters. The summed E-state index contributed by atoms with van der Waals surface area (Å²) in [6.45, 7) is 5.67. The number of nitrogens with zero attached hydrogens (tertiary/aromatic N) is 1. The molecule has 4 aromatic rings. The molecule has 1 heterocycles. The number of nitrogens with one attached hydrogen (secondary N) is 1. The van der Waals surface area contributed by atoms with Gasteiger partial charge in [0, 0.05) is 24.5 Å². The predicted molar refractivity (Wildman–Crippen MR) is 134 cm³/mol. The first kappa shape index (κ1) is 22.9. The van der Waals surface area contributed by atoms with E-state index in [0.29, 0.717) is 12.3 Å². The van der Waals surface area contributed by atoms with Crippen molar-refractivity contribution in [2.24, 2.45) is 7.05 Å². The van der Waals surface area contributed by atoms with Crippen molar-refractivity contribution in [1.29, 1.82) is 0 Å². The number of fused-ring (bicyclic) bond motifs is 1. The summed E-state index contributed by atoms with van der Waals surface area (Å²) in [5.74, 6) is 0.818. The van der Waals surface area contributed by atoms with Crippen LogP contribution in [-0.2, 0) is 13.5 Å². The Labute approximate surface area is 195 Å². The quantitative estimate of drug-likeness (QED) is 0.326. The Kier molecular flexibility index (Phi) is 7.02. The van der Waals surface area contributed by atoms with Crippen molar-refractivity contribution < 1.29 is 14.9 Å². The fourth-order valence-electron chi connectivity index (χ4n) is 4.48. The molecule has 1 aromatic heterocycles. The molecule has 1 unspecified atom stereocenters. The van der Waals surface area contributed by atoms with Crippen molar-refractivity contribution in [1.82, 2.24) is 9.88 Å². The predicted octanol–water partition coefficient (Wildman–Crippen LogP) is 4.74.